The fraction of sp³-hybridized carbons (Fsp3) is 1.00. The SMILES string of the molecule is CC1CCCN(S(=O)(=O)NC(C)C(C)CCl)C1. The Morgan fingerprint density at radius 1 is 1.47 bits per heavy atom. The molecule has 0 saturated carbocycles. The summed E-state index contributed by atoms with van der Waals surface area (Å²) < 4.78 is 28.5. The van der Waals surface area contributed by atoms with Gasteiger partial charge in [-0.3, -0.25) is 0 Å². The molecular weight excluding hydrogens is 260 g/mol. The van der Waals surface area contributed by atoms with Crippen LogP contribution in [0.2, 0.25) is 0 Å². The van der Waals surface area contributed by atoms with Crippen LogP contribution in [0.25, 0.3) is 0 Å². The van der Waals surface area contributed by atoms with Crippen molar-refractivity contribution in [2.75, 3.05) is 19.0 Å². The lowest BCUT2D eigenvalue weighted by molar-refractivity contribution is 0.275. The highest BCUT2D eigenvalue weighted by Crippen LogP contribution is 2.18. The van der Waals surface area contributed by atoms with Crippen molar-refractivity contribution in [3.8, 4) is 0 Å². The first kappa shape index (κ1) is 15.2. The first-order valence-electron chi connectivity index (χ1n) is 6.20. The van der Waals surface area contributed by atoms with Gasteiger partial charge >= 0.3 is 0 Å². The Hall–Kier alpha value is 0.160. The highest BCUT2D eigenvalue weighted by Gasteiger charge is 2.29. The third-order valence-electron chi connectivity index (χ3n) is 3.39. The van der Waals surface area contributed by atoms with Crippen molar-refractivity contribution in [1.29, 1.82) is 0 Å². The molecular formula is C11H23ClN2O2S. The van der Waals surface area contributed by atoms with Crippen molar-refractivity contribution in [3.05, 3.63) is 0 Å². The van der Waals surface area contributed by atoms with Crippen LogP contribution in [-0.4, -0.2) is 37.7 Å². The smallest absolute Gasteiger partial charge is 0.199 e. The number of piperidine rings is 1. The second-order valence-corrected chi connectivity index (χ2v) is 7.16. The van der Waals surface area contributed by atoms with Gasteiger partial charge in [-0.1, -0.05) is 13.8 Å². The van der Waals surface area contributed by atoms with Gasteiger partial charge in [-0.25, -0.2) is 0 Å². The van der Waals surface area contributed by atoms with Crippen LogP contribution < -0.4 is 4.72 Å². The van der Waals surface area contributed by atoms with Gasteiger partial charge in [0, 0.05) is 25.0 Å². The monoisotopic (exact) mass is 282 g/mol. The highest BCUT2D eigenvalue weighted by molar-refractivity contribution is 7.87. The van der Waals surface area contributed by atoms with Crippen LogP contribution >= 0.6 is 11.6 Å². The van der Waals surface area contributed by atoms with E-state index in [1.807, 2.05) is 13.8 Å². The zero-order valence-electron chi connectivity index (χ0n) is 10.8. The number of nitrogens with zero attached hydrogens (tertiary/aromatic N) is 1. The van der Waals surface area contributed by atoms with Gasteiger partial charge in [0.1, 0.15) is 0 Å². The average molecular weight is 283 g/mol. The van der Waals surface area contributed by atoms with Crippen molar-refractivity contribution >= 4 is 21.8 Å². The zero-order chi connectivity index (χ0) is 13.1. The van der Waals surface area contributed by atoms with Gasteiger partial charge in [0.05, 0.1) is 0 Å². The van der Waals surface area contributed by atoms with Crippen LogP contribution in [-0.2, 0) is 10.2 Å². The molecule has 3 unspecified atom stereocenters. The summed E-state index contributed by atoms with van der Waals surface area (Å²) in [5.41, 5.74) is 0. The molecule has 1 N–H and O–H groups in total. The Morgan fingerprint density at radius 3 is 2.65 bits per heavy atom. The van der Waals surface area contributed by atoms with Crippen LogP contribution in [0.15, 0.2) is 0 Å². The first-order valence-corrected chi connectivity index (χ1v) is 8.17. The van der Waals surface area contributed by atoms with E-state index in [1.54, 1.807) is 4.31 Å². The largest absolute Gasteiger partial charge is 0.279 e. The number of alkyl halides is 1. The van der Waals surface area contributed by atoms with Gasteiger partial charge in [0.15, 0.2) is 0 Å². The molecule has 3 atom stereocenters. The van der Waals surface area contributed by atoms with Crippen molar-refractivity contribution in [3.63, 3.8) is 0 Å². The van der Waals surface area contributed by atoms with Gasteiger partial charge in [-0.05, 0) is 31.6 Å². The van der Waals surface area contributed by atoms with E-state index in [1.165, 1.54) is 0 Å². The lowest BCUT2D eigenvalue weighted by Gasteiger charge is -2.31. The van der Waals surface area contributed by atoms with Crippen LogP contribution in [0, 0.1) is 11.8 Å². The average Bonchev–Trinajstić information content (AvgIpc) is 2.27. The Bertz CT molecular complexity index is 334. The van der Waals surface area contributed by atoms with E-state index in [0.717, 1.165) is 12.8 Å². The molecule has 1 aliphatic heterocycles. The molecule has 1 aliphatic rings. The molecule has 1 fully saturated rings. The minimum Gasteiger partial charge on any atom is -0.199 e. The fourth-order valence-corrected chi connectivity index (χ4v) is 3.86. The molecule has 1 rings (SSSR count). The predicted octanol–water partition coefficient (Wildman–Crippen LogP) is 1.82. The molecule has 0 aliphatic carbocycles. The molecule has 1 saturated heterocycles. The van der Waals surface area contributed by atoms with E-state index in [4.69, 9.17) is 11.6 Å². The van der Waals surface area contributed by atoms with E-state index in [0.29, 0.717) is 24.9 Å². The molecule has 0 aromatic carbocycles. The Balaban J connectivity index is 2.61. The van der Waals surface area contributed by atoms with Gasteiger partial charge in [0.25, 0.3) is 10.2 Å². The molecule has 0 radical (unpaired) electrons. The number of hydrogen-bond acceptors (Lipinski definition) is 2. The van der Waals surface area contributed by atoms with E-state index in [2.05, 4.69) is 11.6 Å². The summed E-state index contributed by atoms with van der Waals surface area (Å²) in [5.74, 6) is 1.04. The predicted molar refractivity (Wildman–Crippen MR) is 71.4 cm³/mol. The second kappa shape index (κ2) is 6.36. The van der Waals surface area contributed by atoms with Gasteiger partial charge in [-0.2, -0.15) is 17.4 Å². The standard InChI is InChI=1S/C11H23ClN2O2S/c1-9-5-4-6-14(8-9)17(15,16)13-11(3)10(2)7-12/h9-11,13H,4-8H2,1-3H3. The Morgan fingerprint density at radius 2 is 2.12 bits per heavy atom. The molecule has 0 amide bonds. The second-order valence-electron chi connectivity index (χ2n) is 5.15. The normalized spacial score (nSPS) is 26.7. The molecule has 17 heavy (non-hydrogen) atoms. The molecule has 0 spiro atoms. The van der Waals surface area contributed by atoms with Gasteiger partial charge < -0.3 is 0 Å². The first-order chi connectivity index (χ1) is 7.86. The summed E-state index contributed by atoms with van der Waals surface area (Å²) in [5, 5.41) is 0. The molecule has 0 aromatic rings. The van der Waals surface area contributed by atoms with Crippen molar-refractivity contribution in [2.45, 2.75) is 39.7 Å². The molecule has 4 nitrogen and oxygen atoms in total. The molecule has 6 heteroatoms. The van der Waals surface area contributed by atoms with Crippen LogP contribution in [0.5, 0.6) is 0 Å². The quantitative estimate of drug-likeness (QED) is 0.782. The van der Waals surface area contributed by atoms with Crippen molar-refractivity contribution < 1.29 is 8.42 Å². The minimum atomic E-state index is -3.35. The number of rotatable bonds is 5. The lowest BCUT2D eigenvalue weighted by atomic mass is 10.0. The molecule has 0 aromatic heterocycles. The minimum absolute atomic E-state index is 0.130. The van der Waals surface area contributed by atoms with Crippen LogP contribution in [0.1, 0.15) is 33.6 Å². The number of halogens is 1. The Labute approximate surface area is 110 Å². The van der Waals surface area contributed by atoms with Crippen LogP contribution in [0.4, 0.5) is 0 Å². The van der Waals surface area contributed by atoms with E-state index in [-0.39, 0.29) is 12.0 Å². The summed E-state index contributed by atoms with van der Waals surface area (Å²) in [6.07, 6.45) is 2.06. The molecule has 102 valence electrons. The molecule has 0 bridgehead atoms. The summed E-state index contributed by atoms with van der Waals surface area (Å²) in [7, 11) is -3.35. The summed E-state index contributed by atoms with van der Waals surface area (Å²) in [4.78, 5) is 0. The van der Waals surface area contributed by atoms with Gasteiger partial charge in [0.2, 0.25) is 0 Å². The van der Waals surface area contributed by atoms with E-state index in [9.17, 15) is 8.42 Å². The van der Waals surface area contributed by atoms with Crippen molar-refractivity contribution in [1.82, 2.24) is 9.03 Å². The summed E-state index contributed by atoms with van der Waals surface area (Å²) in [6, 6.07) is -0.130. The fourth-order valence-electron chi connectivity index (χ4n) is 1.92. The highest BCUT2D eigenvalue weighted by atomic mass is 35.5. The maximum absolute atomic E-state index is 12.1. The third-order valence-corrected chi connectivity index (χ3v) is 5.56. The Kier molecular flexibility index (Phi) is 5.70. The van der Waals surface area contributed by atoms with E-state index >= 15 is 0 Å². The maximum atomic E-state index is 12.1. The maximum Gasteiger partial charge on any atom is 0.279 e. The number of hydrogen-bond donors (Lipinski definition) is 1. The summed E-state index contributed by atoms with van der Waals surface area (Å²) >= 11 is 5.74. The topological polar surface area (TPSA) is 49.4 Å². The van der Waals surface area contributed by atoms with Gasteiger partial charge in [-0.15, -0.1) is 11.6 Å². The number of nitrogens with one attached hydrogen (secondary N) is 1. The zero-order valence-corrected chi connectivity index (χ0v) is 12.4. The van der Waals surface area contributed by atoms with Crippen LogP contribution in [0.3, 0.4) is 0 Å². The third kappa shape index (κ3) is 4.39. The van der Waals surface area contributed by atoms with Crippen molar-refractivity contribution in [2.24, 2.45) is 11.8 Å². The summed E-state index contributed by atoms with van der Waals surface area (Å²) in [6.45, 7) is 7.14. The lowest BCUT2D eigenvalue weighted by Crippen LogP contribution is -2.49. The molecule has 1 heterocycles. The van der Waals surface area contributed by atoms with E-state index < -0.39 is 10.2 Å².